The van der Waals surface area contributed by atoms with Crippen molar-refractivity contribution >= 4 is 0 Å². The molecule has 0 saturated carbocycles. The Hall–Kier alpha value is -0.120. The quantitative estimate of drug-likeness (QED) is 0.611. The fourth-order valence-electron chi connectivity index (χ4n) is 2.65. The molecule has 0 bridgehead atoms. The molecule has 3 unspecified atom stereocenters. The van der Waals surface area contributed by atoms with Crippen LogP contribution < -0.4 is 16.4 Å². The molecule has 2 aliphatic rings. The summed E-state index contributed by atoms with van der Waals surface area (Å²) < 4.78 is 0. The molecule has 0 spiro atoms. The predicted molar refractivity (Wildman–Crippen MR) is 65.9 cm³/mol. The third-order valence-electron chi connectivity index (χ3n) is 3.45. The van der Waals surface area contributed by atoms with Crippen LogP contribution in [0.25, 0.3) is 0 Å². The van der Waals surface area contributed by atoms with Crippen molar-refractivity contribution < 1.29 is 0 Å². The van der Waals surface area contributed by atoms with E-state index in [4.69, 9.17) is 5.73 Å². The minimum atomic E-state index is 0.365. The summed E-state index contributed by atoms with van der Waals surface area (Å²) in [6.07, 6.45) is 5.31. The van der Waals surface area contributed by atoms with Crippen LogP contribution in [0.3, 0.4) is 0 Å². The zero-order chi connectivity index (χ0) is 11.1. The normalized spacial score (nSPS) is 36.6. The average Bonchev–Trinajstić information content (AvgIpc) is 2.33. The number of hydrogen-bond acceptors (Lipinski definition) is 3. The van der Waals surface area contributed by atoms with Crippen molar-refractivity contribution in [1.29, 1.82) is 0 Å². The second kappa shape index (κ2) is 7.20. The van der Waals surface area contributed by atoms with Crippen molar-refractivity contribution in [1.82, 2.24) is 10.6 Å². The molecule has 3 atom stereocenters. The van der Waals surface area contributed by atoms with E-state index in [1.165, 1.54) is 32.2 Å². The van der Waals surface area contributed by atoms with E-state index in [-0.39, 0.29) is 0 Å². The van der Waals surface area contributed by atoms with Gasteiger partial charge in [0.1, 0.15) is 0 Å². The summed E-state index contributed by atoms with van der Waals surface area (Å²) in [5.74, 6) is 0.710. The maximum absolute atomic E-state index is 6.11. The smallest absolute Gasteiger partial charge is 0.0209 e. The minimum Gasteiger partial charge on any atom is -0.326 e. The molecule has 90 valence electrons. The van der Waals surface area contributed by atoms with Gasteiger partial charge in [-0.2, -0.15) is 0 Å². The second-order valence-corrected chi connectivity index (χ2v) is 4.38. The first-order chi connectivity index (χ1) is 7.38. The Kier molecular flexibility index (Phi) is 6.22. The van der Waals surface area contributed by atoms with Crippen molar-refractivity contribution in [3.05, 3.63) is 0 Å². The van der Waals surface area contributed by atoms with Crippen molar-refractivity contribution in [2.24, 2.45) is 11.7 Å². The van der Waals surface area contributed by atoms with Gasteiger partial charge in [-0.15, -0.1) is 0 Å². The Labute approximate surface area is 94.2 Å². The highest BCUT2D eigenvalue weighted by Gasteiger charge is 2.29. The molecular weight excluding hydrogens is 186 g/mol. The summed E-state index contributed by atoms with van der Waals surface area (Å²) in [6, 6.07) is 1.06. The van der Waals surface area contributed by atoms with Crippen LogP contribution in [0.15, 0.2) is 0 Å². The Balaban J connectivity index is 0.000000531. The van der Waals surface area contributed by atoms with Gasteiger partial charge in [-0.25, -0.2) is 0 Å². The molecule has 2 saturated heterocycles. The van der Waals surface area contributed by atoms with Crippen LogP contribution in [0, 0.1) is 5.92 Å². The van der Waals surface area contributed by atoms with Crippen LogP contribution in [0.1, 0.15) is 39.5 Å². The number of nitrogens with two attached hydrogens (primary N) is 1. The van der Waals surface area contributed by atoms with Gasteiger partial charge < -0.3 is 16.4 Å². The summed E-state index contributed by atoms with van der Waals surface area (Å²) in [6.45, 7) is 7.35. The van der Waals surface area contributed by atoms with Crippen LogP contribution in [-0.4, -0.2) is 31.7 Å². The number of piperidine rings is 2. The molecule has 2 aliphatic heterocycles. The third kappa shape index (κ3) is 3.74. The number of rotatable bonds is 1. The van der Waals surface area contributed by atoms with E-state index < -0.39 is 0 Å². The highest BCUT2D eigenvalue weighted by molar-refractivity contribution is 4.90. The molecule has 3 nitrogen and oxygen atoms in total. The Morgan fingerprint density at radius 2 is 1.87 bits per heavy atom. The molecule has 0 aliphatic carbocycles. The molecule has 2 rings (SSSR count). The maximum atomic E-state index is 6.11. The number of nitrogens with one attached hydrogen (secondary N) is 2. The van der Waals surface area contributed by atoms with Crippen LogP contribution in [0.2, 0.25) is 0 Å². The van der Waals surface area contributed by atoms with Gasteiger partial charge in [-0.1, -0.05) is 20.3 Å². The first-order valence-corrected chi connectivity index (χ1v) is 6.57. The molecule has 0 radical (unpaired) electrons. The number of hydrogen-bond donors (Lipinski definition) is 3. The first-order valence-electron chi connectivity index (χ1n) is 6.57. The fourth-order valence-corrected chi connectivity index (χ4v) is 2.65. The lowest BCUT2D eigenvalue weighted by molar-refractivity contribution is 0.217. The first kappa shape index (κ1) is 12.9. The van der Waals surface area contributed by atoms with Gasteiger partial charge in [0.05, 0.1) is 0 Å². The van der Waals surface area contributed by atoms with Crippen molar-refractivity contribution in [2.75, 3.05) is 19.6 Å². The summed E-state index contributed by atoms with van der Waals surface area (Å²) >= 11 is 0. The molecule has 4 N–H and O–H groups in total. The van der Waals surface area contributed by atoms with Crippen molar-refractivity contribution in [2.45, 2.75) is 51.6 Å². The molecule has 15 heavy (non-hydrogen) atoms. The molecule has 2 heterocycles. The van der Waals surface area contributed by atoms with Gasteiger partial charge in [0, 0.05) is 18.6 Å². The van der Waals surface area contributed by atoms with Gasteiger partial charge in [-0.3, -0.25) is 0 Å². The predicted octanol–water partition coefficient (Wildman–Crippen LogP) is 1.09. The lowest BCUT2D eigenvalue weighted by Gasteiger charge is -2.38. The van der Waals surface area contributed by atoms with Gasteiger partial charge in [-0.05, 0) is 38.3 Å². The molecule has 0 amide bonds. The van der Waals surface area contributed by atoms with Crippen LogP contribution >= 0.6 is 0 Å². The molecule has 3 heteroatoms. The standard InChI is InChI=1S/C10H21N3.C2H6/c11-9-7-12-6-4-8(9)10-3-1-2-5-13-10;1-2/h8-10,12-13H,1-7,11H2;1-2H3. The van der Waals surface area contributed by atoms with Gasteiger partial charge >= 0.3 is 0 Å². The van der Waals surface area contributed by atoms with E-state index in [1.54, 1.807) is 0 Å². The minimum absolute atomic E-state index is 0.365. The summed E-state index contributed by atoms with van der Waals surface area (Å²) in [7, 11) is 0. The van der Waals surface area contributed by atoms with Crippen LogP contribution in [-0.2, 0) is 0 Å². The molecule has 0 aromatic heterocycles. The van der Waals surface area contributed by atoms with Crippen LogP contribution in [0.4, 0.5) is 0 Å². The Morgan fingerprint density at radius 3 is 2.47 bits per heavy atom. The second-order valence-electron chi connectivity index (χ2n) is 4.38. The zero-order valence-corrected chi connectivity index (χ0v) is 10.3. The fraction of sp³-hybridized carbons (Fsp3) is 1.00. The molecular formula is C12H27N3. The molecule has 0 aromatic carbocycles. The maximum Gasteiger partial charge on any atom is 0.0209 e. The average molecular weight is 213 g/mol. The largest absolute Gasteiger partial charge is 0.326 e. The van der Waals surface area contributed by atoms with Crippen molar-refractivity contribution in [3.8, 4) is 0 Å². The summed E-state index contributed by atoms with van der Waals surface area (Å²) in [5, 5.41) is 6.96. The van der Waals surface area contributed by atoms with Gasteiger partial charge in [0.2, 0.25) is 0 Å². The highest BCUT2D eigenvalue weighted by atomic mass is 15.0. The zero-order valence-electron chi connectivity index (χ0n) is 10.3. The van der Waals surface area contributed by atoms with Crippen LogP contribution in [0.5, 0.6) is 0 Å². The third-order valence-corrected chi connectivity index (χ3v) is 3.45. The van der Waals surface area contributed by atoms with E-state index in [9.17, 15) is 0 Å². The van der Waals surface area contributed by atoms with E-state index in [1.807, 2.05) is 13.8 Å². The highest BCUT2D eigenvalue weighted by Crippen LogP contribution is 2.21. The molecule has 0 aromatic rings. The molecule has 2 fully saturated rings. The summed E-state index contributed by atoms with van der Waals surface area (Å²) in [5.41, 5.74) is 6.11. The SMILES string of the molecule is CC.NC1CNCCC1C1CCCCN1. The lowest BCUT2D eigenvalue weighted by Crippen LogP contribution is -2.54. The van der Waals surface area contributed by atoms with E-state index >= 15 is 0 Å². The Bertz CT molecular complexity index is 155. The lowest BCUT2D eigenvalue weighted by atomic mass is 9.82. The van der Waals surface area contributed by atoms with Gasteiger partial charge in [0.25, 0.3) is 0 Å². The Morgan fingerprint density at radius 1 is 1.07 bits per heavy atom. The van der Waals surface area contributed by atoms with Gasteiger partial charge in [0.15, 0.2) is 0 Å². The summed E-state index contributed by atoms with van der Waals surface area (Å²) in [4.78, 5) is 0. The van der Waals surface area contributed by atoms with E-state index in [0.29, 0.717) is 18.0 Å². The van der Waals surface area contributed by atoms with E-state index in [0.717, 1.165) is 13.1 Å². The monoisotopic (exact) mass is 213 g/mol. The van der Waals surface area contributed by atoms with Crippen molar-refractivity contribution in [3.63, 3.8) is 0 Å². The topological polar surface area (TPSA) is 50.1 Å². The van der Waals surface area contributed by atoms with E-state index in [2.05, 4.69) is 10.6 Å².